The van der Waals surface area contributed by atoms with Crippen LogP contribution < -0.4 is 5.32 Å². The topological polar surface area (TPSA) is 84.9 Å². The van der Waals surface area contributed by atoms with E-state index in [1.54, 1.807) is 11.8 Å². The summed E-state index contributed by atoms with van der Waals surface area (Å²) < 4.78 is 9.39. The van der Waals surface area contributed by atoms with Crippen molar-refractivity contribution in [2.75, 3.05) is 39.3 Å². The highest BCUT2D eigenvalue weighted by Gasteiger charge is 2.24. The fraction of sp³-hybridized carbons (Fsp3) is 0.828. The molecule has 3 unspecified atom stereocenters. The number of hydrogen-bond donors (Lipinski definition) is 1. The molecular formula is C29H54N2O5S. The molecular weight excluding hydrogens is 488 g/mol. The van der Waals surface area contributed by atoms with E-state index >= 15 is 0 Å². The number of likely N-dealkylation sites (N-methyl/N-ethyl adjacent to an activating group) is 1. The molecule has 0 aromatic heterocycles. The number of esters is 2. The Morgan fingerprint density at radius 2 is 1.46 bits per heavy atom. The minimum atomic E-state index is -0.782. The van der Waals surface area contributed by atoms with Gasteiger partial charge in [-0.15, -0.1) is 0 Å². The van der Waals surface area contributed by atoms with Gasteiger partial charge in [0.05, 0.1) is 14.2 Å². The number of ether oxygens (including phenoxy) is 2. The molecule has 3 atom stereocenters. The first-order valence-electron chi connectivity index (χ1n) is 13.9. The molecule has 0 aromatic carbocycles. The van der Waals surface area contributed by atoms with Crippen LogP contribution in [0.25, 0.3) is 0 Å². The molecule has 0 saturated carbocycles. The van der Waals surface area contributed by atoms with Crippen LogP contribution in [0, 0.1) is 17.8 Å². The number of amides is 2. The molecule has 37 heavy (non-hydrogen) atoms. The molecule has 0 aliphatic rings. The second-order valence-corrected chi connectivity index (χ2v) is 12.0. The average Bonchev–Trinajstić information content (AvgIpc) is 2.84. The zero-order valence-electron chi connectivity index (χ0n) is 24.8. The van der Waals surface area contributed by atoms with Gasteiger partial charge in [-0.3, -0.25) is 4.79 Å². The van der Waals surface area contributed by atoms with Crippen molar-refractivity contribution >= 4 is 29.7 Å². The number of carbonyl (C=O) groups excluding carboxylic acids is 3. The predicted octanol–water partition coefficient (Wildman–Crippen LogP) is 6.46. The van der Waals surface area contributed by atoms with Gasteiger partial charge in [0.15, 0.2) is 0 Å². The summed E-state index contributed by atoms with van der Waals surface area (Å²) in [5, 5.41) is 2.63. The van der Waals surface area contributed by atoms with Gasteiger partial charge in [-0.2, -0.15) is 11.8 Å². The summed E-state index contributed by atoms with van der Waals surface area (Å²) in [5.41, 5.74) is 1.36. The molecule has 0 radical (unpaired) electrons. The van der Waals surface area contributed by atoms with Crippen LogP contribution in [0.5, 0.6) is 0 Å². The monoisotopic (exact) mass is 542 g/mol. The summed E-state index contributed by atoms with van der Waals surface area (Å²) in [5.74, 6) is 2.55. The first-order chi connectivity index (χ1) is 17.5. The van der Waals surface area contributed by atoms with Crippen LogP contribution in [0.3, 0.4) is 0 Å². The summed E-state index contributed by atoms with van der Waals surface area (Å²) in [7, 11) is 4.02. The minimum absolute atomic E-state index is 0.193. The largest absolute Gasteiger partial charge is 0.468 e. The van der Waals surface area contributed by atoms with Gasteiger partial charge >= 0.3 is 18.0 Å². The van der Waals surface area contributed by atoms with Crippen LogP contribution in [0.1, 0.15) is 92.4 Å². The minimum Gasteiger partial charge on any atom is -0.468 e. The van der Waals surface area contributed by atoms with E-state index in [2.05, 4.69) is 50.7 Å². The van der Waals surface area contributed by atoms with Gasteiger partial charge in [0, 0.05) is 18.6 Å². The Morgan fingerprint density at radius 1 is 0.892 bits per heavy atom. The number of nitrogens with zero attached hydrogens (tertiary/aromatic N) is 1. The van der Waals surface area contributed by atoms with Gasteiger partial charge in [-0.25, -0.2) is 9.59 Å². The Morgan fingerprint density at radius 3 is 2.00 bits per heavy atom. The highest BCUT2D eigenvalue weighted by atomic mass is 32.2. The summed E-state index contributed by atoms with van der Waals surface area (Å²) in [6.45, 7) is 11.4. The summed E-state index contributed by atoms with van der Waals surface area (Å²) in [6.07, 6.45) is 13.9. The fourth-order valence-electron chi connectivity index (χ4n) is 4.10. The van der Waals surface area contributed by atoms with E-state index in [-0.39, 0.29) is 6.54 Å². The number of urea groups is 1. The van der Waals surface area contributed by atoms with Gasteiger partial charge in [-0.1, -0.05) is 84.3 Å². The van der Waals surface area contributed by atoms with Gasteiger partial charge in [0.1, 0.15) is 12.6 Å². The van der Waals surface area contributed by atoms with Crippen LogP contribution >= 0.6 is 11.8 Å². The number of rotatable bonds is 20. The third kappa shape index (κ3) is 19.1. The van der Waals surface area contributed by atoms with Crippen molar-refractivity contribution in [3.63, 3.8) is 0 Å². The van der Waals surface area contributed by atoms with E-state index in [1.165, 1.54) is 83.1 Å². The third-order valence-electron chi connectivity index (χ3n) is 6.70. The van der Waals surface area contributed by atoms with Gasteiger partial charge < -0.3 is 19.7 Å². The summed E-state index contributed by atoms with van der Waals surface area (Å²) >= 11 is 1.56. The second kappa shape index (κ2) is 21.3. The van der Waals surface area contributed by atoms with Crippen molar-refractivity contribution < 1.29 is 23.9 Å². The van der Waals surface area contributed by atoms with Gasteiger partial charge in [0.2, 0.25) is 0 Å². The Balaban J connectivity index is 4.21. The van der Waals surface area contributed by atoms with Crippen molar-refractivity contribution in [1.29, 1.82) is 0 Å². The van der Waals surface area contributed by atoms with E-state index in [1.807, 2.05) is 0 Å². The molecule has 0 fully saturated rings. The van der Waals surface area contributed by atoms with E-state index in [0.717, 1.165) is 29.9 Å². The zero-order valence-corrected chi connectivity index (χ0v) is 25.6. The van der Waals surface area contributed by atoms with Gasteiger partial charge in [0.25, 0.3) is 0 Å². The normalized spacial score (nSPS) is 14.1. The molecule has 0 aliphatic heterocycles. The Kier molecular flexibility index (Phi) is 20.3. The average molecular weight is 543 g/mol. The lowest BCUT2D eigenvalue weighted by Gasteiger charge is -2.21. The maximum absolute atomic E-state index is 12.3. The number of carbonyl (C=O) groups is 3. The molecule has 0 heterocycles. The molecule has 0 rings (SSSR count). The lowest BCUT2D eigenvalue weighted by molar-refractivity contribution is -0.142. The molecule has 216 valence electrons. The van der Waals surface area contributed by atoms with E-state index in [9.17, 15) is 14.4 Å². The molecule has 0 aromatic rings. The van der Waals surface area contributed by atoms with Crippen molar-refractivity contribution in [3.8, 4) is 0 Å². The van der Waals surface area contributed by atoms with Crippen molar-refractivity contribution in [1.82, 2.24) is 10.2 Å². The molecule has 8 heteroatoms. The first-order valence-corrected chi connectivity index (χ1v) is 15.0. The molecule has 2 amide bonds. The lowest BCUT2D eigenvalue weighted by atomic mass is 9.91. The molecule has 0 saturated heterocycles. The van der Waals surface area contributed by atoms with Crippen molar-refractivity contribution in [2.45, 2.75) is 98.4 Å². The van der Waals surface area contributed by atoms with Crippen molar-refractivity contribution in [3.05, 3.63) is 11.6 Å². The number of allylic oxidation sites excluding steroid dienone is 1. The maximum Gasteiger partial charge on any atom is 0.329 e. The van der Waals surface area contributed by atoms with E-state index in [0.29, 0.717) is 5.75 Å². The number of thioether (sulfide) groups is 1. The molecule has 1 N–H and O–H groups in total. The van der Waals surface area contributed by atoms with Gasteiger partial charge in [-0.05, 0) is 37.5 Å². The Bertz CT molecular complexity index is 683. The zero-order chi connectivity index (χ0) is 28.2. The summed E-state index contributed by atoms with van der Waals surface area (Å²) in [6, 6.07) is -1.31. The van der Waals surface area contributed by atoms with Crippen LogP contribution in [0.15, 0.2) is 11.6 Å². The standard InChI is InChI=1S/C29H54N2O5S/c1-22(2)12-9-13-23(3)14-10-15-24(4)16-11-17-25(5)18-19-37-21-26(28(33)36-8)30-29(34)31(6)20-27(32)35-7/h18,22-24,26H,9-17,19-21H2,1-8H3,(H,30,34)/b25-18+. The van der Waals surface area contributed by atoms with Crippen LogP contribution in [0.4, 0.5) is 4.79 Å². The third-order valence-corrected chi connectivity index (χ3v) is 7.67. The Hall–Kier alpha value is -1.70. The highest BCUT2D eigenvalue weighted by Crippen LogP contribution is 2.22. The quantitative estimate of drug-likeness (QED) is 0.108. The first kappa shape index (κ1) is 35.3. The van der Waals surface area contributed by atoms with E-state index in [4.69, 9.17) is 4.74 Å². The van der Waals surface area contributed by atoms with Crippen LogP contribution in [-0.2, 0) is 19.1 Å². The molecule has 7 nitrogen and oxygen atoms in total. The number of nitrogens with one attached hydrogen (secondary N) is 1. The second-order valence-electron chi connectivity index (χ2n) is 10.9. The predicted molar refractivity (Wildman–Crippen MR) is 155 cm³/mol. The molecule has 0 aliphatic carbocycles. The highest BCUT2D eigenvalue weighted by molar-refractivity contribution is 7.99. The smallest absolute Gasteiger partial charge is 0.329 e. The summed E-state index contributed by atoms with van der Waals surface area (Å²) in [4.78, 5) is 36.9. The lowest BCUT2D eigenvalue weighted by Crippen LogP contribution is -2.49. The maximum atomic E-state index is 12.3. The molecule has 0 bridgehead atoms. The van der Waals surface area contributed by atoms with Crippen LogP contribution in [-0.4, -0.2) is 68.2 Å². The number of methoxy groups -OCH3 is 2. The Labute approximate surface area is 230 Å². The van der Waals surface area contributed by atoms with Crippen LogP contribution in [0.2, 0.25) is 0 Å². The fourth-order valence-corrected chi connectivity index (χ4v) is 5.09. The number of hydrogen-bond acceptors (Lipinski definition) is 6. The SMILES string of the molecule is COC(=O)CN(C)C(=O)NC(CSC/C=C(\C)CCCC(C)CCCC(C)CCCC(C)C)C(=O)OC. The molecule has 0 spiro atoms. The van der Waals surface area contributed by atoms with E-state index < -0.39 is 24.0 Å². The van der Waals surface area contributed by atoms with Crippen molar-refractivity contribution in [2.24, 2.45) is 17.8 Å².